The molecule has 0 amide bonds. The maximum absolute atomic E-state index is 5.82. The third kappa shape index (κ3) is 3.66. The molecular formula is C15H12ClN5S. The van der Waals surface area contributed by atoms with Gasteiger partial charge in [-0.2, -0.15) is 5.10 Å². The summed E-state index contributed by atoms with van der Waals surface area (Å²) in [6.45, 7) is 1.76. The molecule has 0 spiro atoms. The monoisotopic (exact) mass is 329 g/mol. The number of thiazole rings is 1. The SMILES string of the molecule is CC(N=Nc1nc2ccccc2s1)=NNc1ccc(Cl)cc1. The summed E-state index contributed by atoms with van der Waals surface area (Å²) in [5.74, 6) is 0.509. The van der Waals surface area contributed by atoms with Gasteiger partial charge in [-0.15, -0.1) is 10.2 Å². The molecule has 7 heteroatoms. The van der Waals surface area contributed by atoms with Crippen molar-refractivity contribution in [1.82, 2.24) is 4.98 Å². The van der Waals surface area contributed by atoms with Gasteiger partial charge in [-0.25, -0.2) is 4.98 Å². The van der Waals surface area contributed by atoms with Crippen LogP contribution in [0.4, 0.5) is 10.8 Å². The Labute approximate surface area is 136 Å². The Morgan fingerprint density at radius 1 is 1.14 bits per heavy atom. The molecular weight excluding hydrogens is 318 g/mol. The molecule has 0 saturated carbocycles. The molecule has 22 heavy (non-hydrogen) atoms. The van der Waals surface area contributed by atoms with Crippen LogP contribution < -0.4 is 5.43 Å². The lowest BCUT2D eigenvalue weighted by Gasteiger charge is -1.99. The van der Waals surface area contributed by atoms with Crippen molar-refractivity contribution in [1.29, 1.82) is 0 Å². The van der Waals surface area contributed by atoms with Crippen LogP contribution in [0.5, 0.6) is 0 Å². The van der Waals surface area contributed by atoms with E-state index in [4.69, 9.17) is 11.6 Å². The highest BCUT2D eigenvalue weighted by molar-refractivity contribution is 7.21. The first kappa shape index (κ1) is 14.6. The molecule has 0 aliphatic heterocycles. The van der Waals surface area contributed by atoms with Crippen LogP contribution in [0.2, 0.25) is 5.02 Å². The number of nitrogens with one attached hydrogen (secondary N) is 1. The Kier molecular flexibility index (Phi) is 4.41. The number of amidine groups is 1. The van der Waals surface area contributed by atoms with Crippen LogP contribution in [-0.2, 0) is 0 Å². The zero-order valence-electron chi connectivity index (χ0n) is 11.7. The first-order valence-electron chi connectivity index (χ1n) is 6.54. The van der Waals surface area contributed by atoms with Gasteiger partial charge in [0.2, 0.25) is 5.13 Å². The van der Waals surface area contributed by atoms with Crippen LogP contribution in [0.15, 0.2) is 63.9 Å². The summed E-state index contributed by atoms with van der Waals surface area (Å²) >= 11 is 7.32. The largest absolute Gasteiger partial charge is 0.277 e. The van der Waals surface area contributed by atoms with E-state index < -0.39 is 0 Å². The number of anilines is 1. The van der Waals surface area contributed by atoms with Gasteiger partial charge in [0.05, 0.1) is 15.9 Å². The van der Waals surface area contributed by atoms with Gasteiger partial charge in [-0.3, -0.25) is 5.43 Å². The number of azo groups is 1. The predicted octanol–water partition coefficient (Wildman–Crippen LogP) is 5.48. The van der Waals surface area contributed by atoms with Gasteiger partial charge in [0, 0.05) is 5.02 Å². The van der Waals surface area contributed by atoms with Crippen molar-refractivity contribution >= 4 is 49.8 Å². The van der Waals surface area contributed by atoms with Crippen LogP contribution in [0.25, 0.3) is 10.2 Å². The quantitative estimate of drug-likeness (QED) is 0.299. The summed E-state index contributed by atoms with van der Waals surface area (Å²) in [4.78, 5) is 4.38. The average molecular weight is 330 g/mol. The Bertz CT molecular complexity index is 806. The van der Waals surface area contributed by atoms with Gasteiger partial charge in [0.15, 0.2) is 5.84 Å². The van der Waals surface area contributed by atoms with E-state index in [-0.39, 0.29) is 0 Å². The minimum Gasteiger partial charge on any atom is -0.277 e. The summed E-state index contributed by atoms with van der Waals surface area (Å²) in [5.41, 5.74) is 4.65. The second kappa shape index (κ2) is 6.64. The van der Waals surface area contributed by atoms with Gasteiger partial charge in [-0.1, -0.05) is 35.1 Å². The van der Waals surface area contributed by atoms with Crippen LogP contribution in [0, 0.1) is 0 Å². The lowest BCUT2D eigenvalue weighted by molar-refractivity contribution is 1.20. The number of hydrogen-bond donors (Lipinski definition) is 1. The molecule has 1 N–H and O–H groups in total. The molecule has 3 aromatic rings. The predicted molar refractivity (Wildman–Crippen MR) is 92.3 cm³/mol. The number of rotatable bonds is 3. The van der Waals surface area contributed by atoms with E-state index in [1.165, 1.54) is 11.3 Å². The fourth-order valence-corrected chi connectivity index (χ4v) is 2.62. The van der Waals surface area contributed by atoms with Crippen LogP contribution in [-0.4, -0.2) is 10.8 Å². The van der Waals surface area contributed by atoms with Gasteiger partial charge >= 0.3 is 0 Å². The fourth-order valence-electron chi connectivity index (χ4n) is 1.71. The molecule has 0 saturated heterocycles. The van der Waals surface area contributed by atoms with E-state index in [0.717, 1.165) is 15.9 Å². The third-order valence-corrected chi connectivity index (χ3v) is 3.93. The first-order chi connectivity index (χ1) is 10.7. The Morgan fingerprint density at radius 2 is 1.91 bits per heavy atom. The minimum atomic E-state index is 0.509. The van der Waals surface area contributed by atoms with Crippen molar-refractivity contribution in [3.8, 4) is 0 Å². The Morgan fingerprint density at radius 3 is 2.68 bits per heavy atom. The molecule has 0 unspecified atom stereocenters. The average Bonchev–Trinajstić information content (AvgIpc) is 2.95. The summed E-state index contributed by atoms with van der Waals surface area (Å²) in [6, 6.07) is 15.1. The van der Waals surface area contributed by atoms with E-state index in [9.17, 15) is 0 Å². The van der Waals surface area contributed by atoms with E-state index >= 15 is 0 Å². The van der Waals surface area contributed by atoms with Gasteiger partial charge < -0.3 is 0 Å². The Hall–Kier alpha value is -2.31. The minimum absolute atomic E-state index is 0.509. The van der Waals surface area contributed by atoms with E-state index in [1.807, 2.05) is 36.4 Å². The standard InChI is InChI=1S/C15H12ClN5S/c1-10(18-20-12-8-6-11(16)7-9-12)19-21-15-17-13-4-2-3-5-14(13)22-15/h2-9,20H,1H3. The second-order valence-corrected chi connectivity index (χ2v) is 5.89. The number of aromatic nitrogens is 1. The van der Waals surface area contributed by atoms with Crippen molar-refractivity contribution in [3.63, 3.8) is 0 Å². The summed E-state index contributed by atoms with van der Waals surface area (Å²) < 4.78 is 1.09. The highest BCUT2D eigenvalue weighted by atomic mass is 35.5. The van der Waals surface area contributed by atoms with Crippen molar-refractivity contribution in [3.05, 3.63) is 53.6 Å². The summed E-state index contributed by atoms with van der Waals surface area (Å²) in [7, 11) is 0. The molecule has 0 atom stereocenters. The van der Waals surface area contributed by atoms with Gasteiger partial charge in [-0.05, 0) is 43.3 Å². The first-order valence-corrected chi connectivity index (χ1v) is 7.73. The van der Waals surface area contributed by atoms with Gasteiger partial charge in [0.1, 0.15) is 0 Å². The fraction of sp³-hybridized carbons (Fsp3) is 0.0667. The normalized spacial score (nSPS) is 12.2. The molecule has 0 radical (unpaired) electrons. The van der Waals surface area contributed by atoms with E-state index in [0.29, 0.717) is 16.0 Å². The number of halogens is 1. The number of fused-ring (bicyclic) bond motifs is 1. The Balaban J connectivity index is 1.68. The van der Waals surface area contributed by atoms with Crippen molar-refractivity contribution in [2.75, 3.05) is 5.43 Å². The number of para-hydroxylation sites is 1. The third-order valence-electron chi connectivity index (χ3n) is 2.75. The molecule has 0 aliphatic rings. The number of nitrogens with zero attached hydrogens (tertiary/aromatic N) is 4. The summed E-state index contributed by atoms with van der Waals surface area (Å²) in [5, 5.41) is 13.6. The lowest BCUT2D eigenvalue weighted by atomic mass is 10.3. The zero-order chi connectivity index (χ0) is 15.4. The molecule has 1 heterocycles. The molecule has 1 aromatic heterocycles. The lowest BCUT2D eigenvalue weighted by Crippen LogP contribution is -1.93. The highest BCUT2D eigenvalue weighted by Gasteiger charge is 2.01. The highest BCUT2D eigenvalue weighted by Crippen LogP contribution is 2.27. The topological polar surface area (TPSA) is 62.0 Å². The van der Waals surface area contributed by atoms with Crippen molar-refractivity contribution in [2.45, 2.75) is 6.92 Å². The molecule has 3 rings (SSSR count). The molecule has 5 nitrogen and oxygen atoms in total. The number of benzene rings is 2. The molecule has 0 bridgehead atoms. The van der Waals surface area contributed by atoms with E-state index in [2.05, 4.69) is 25.7 Å². The molecule has 0 fully saturated rings. The van der Waals surface area contributed by atoms with Crippen LogP contribution >= 0.6 is 22.9 Å². The molecule has 110 valence electrons. The van der Waals surface area contributed by atoms with Crippen LogP contribution in [0.1, 0.15) is 6.92 Å². The zero-order valence-corrected chi connectivity index (χ0v) is 13.3. The van der Waals surface area contributed by atoms with Crippen molar-refractivity contribution < 1.29 is 0 Å². The maximum atomic E-state index is 5.82. The van der Waals surface area contributed by atoms with E-state index in [1.54, 1.807) is 19.1 Å². The molecule has 0 aliphatic carbocycles. The number of hydrazone groups is 1. The summed E-state index contributed by atoms with van der Waals surface area (Å²) in [6.07, 6.45) is 0. The second-order valence-electron chi connectivity index (χ2n) is 4.44. The molecule has 2 aromatic carbocycles. The maximum Gasteiger partial charge on any atom is 0.231 e. The smallest absolute Gasteiger partial charge is 0.231 e. The van der Waals surface area contributed by atoms with Crippen LogP contribution in [0.3, 0.4) is 0 Å². The number of hydrogen-bond acceptors (Lipinski definition) is 5. The van der Waals surface area contributed by atoms with Crippen molar-refractivity contribution in [2.24, 2.45) is 15.3 Å². The van der Waals surface area contributed by atoms with Gasteiger partial charge in [0.25, 0.3) is 0 Å².